The summed E-state index contributed by atoms with van der Waals surface area (Å²) in [6.45, 7) is 10.00. The summed E-state index contributed by atoms with van der Waals surface area (Å²) in [5.74, 6) is 2.03. The van der Waals surface area contributed by atoms with Gasteiger partial charge in [0.05, 0.1) is 32.5 Å². The standard InChI is InChI=1S/C32H38FNO6/c1-5-36-28-14-13-22(18-29(28)37-6-2)17-26-24-20-31(39-8-4)30(38-7-3)19-23(24)15-16-34(26)32(35)21-40-27-12-10-9-11-25(27)33/h9-14,18-20,26H,5-8,15-17,21H2,1-4H3/t26-/m1/s1. The largest absolute Gasteiger partial charge is 0.490 e. The maximum atomic E-state index is 14.2. The highest BCUT2D eigenvalue weighted by Gasteiger charge is 2.33. The second-order valence-corrected chi connectivity index (χ2v) is 9.29. The van der Waals surface area contributed by atoms with Crippen LogP contribution in [-0.2, 0) is 17.6 Å². The summed E-state index contributed by atoms with van der Waals surface area (Å²) < 4.78 is 43.2. The molecule has 1 atom stereocenters. The van der Waals surface area contributed by atoms with Crippen LogP contribution in [0.3, 0.4) is 0 Å². The lowest BCUT2D eigenvalue weighted by Crippen LogP contribution is -2.43. The van der Waals surface area contributed by atoms with E-state index in [4.69, 9.17) is 23.7 Å². The van der Waals surface area contributed by atoms with E-state index in [-0.39, 0.29) is 24.3 Å². The number of carbonyl (C=O) groups excluding carboxylic acids is 1. The van der Waals surface area contributed by atoms with Crippen molar-refractivity contribution in [1.82, 2.24) is 4.90 Å². The van der Waals surface area contributed by atoms with Crippen LogP contribution >= 0.6 is 0 Å². The fraction of sp³-hybridized carbons (Fsp3) is 0.406. The number of ether oxygens (including phenoxy) is 5. The number of para-hydroxylation sites is 1. The Hall–Kier alpha value is -3.94. The third-order valence-corrected chi connectivity index (χ3v) is 6.71. The van der Waals surface area contributed by atoms with E-state index < -0.39 is 5.82 Å². The lowest BCUT2D eigenvalue weighted by atomic mass is 9.88. The van der Waals surface area contributed by atoms with Gasteiger partial charge in [-0.25, -0.2) is 4.39 Å². The first-order valence-electron chi connectivity index (χ1n) is 14.0. The molecule has 1 aliphatic heterocycles. The summed E-state index contributed by atoms with van der Waals surface area (Å²) >= 11 is 0. The molecule has 8 heteroatoms. The van der Waals surface area contributed by atoms with Crippen LogP contribution < -0.4 is 23.7 Å². The van der Waals surface area contributed by atoms with E-state index in [1.54, 1.807) is 12.1 Å². The van der Waals surface area contributed by atoms with Gasteiger partial charge in [-0.2, -0.15) is 0 Å². The Bertz CT molecular complexity index is 1300. The molecule has 1 aliphatic rings. The van der Waals surface area contributed by atoms with Gasteiger partial charge in [-0.1, -0.05) is 18.2 Å². The first kappa shape index (κ1) is 29.1. The number of carbonyl (C=O) groups is 1. The van der Waals surface area contributed by atoms with Crippen LogP contribution in [0.15, 0.2) is 54.6 Å². The van der Waals surface area contributed by atoms with Gasteiger partial charge >= 0.3 is 0 Å². The van der Waals surface area contributed by atoms with E-state index in [9.17, 15) is 9.18 Å². The molecule has 40 heavy (non-hydrogen) atoms. The van der Waals surface area contributed by atoms with Crippen molar-refractivity contribution < 1.29 is 32.9 Å². The SMILES string of the molecule is CCOc1ccc(C[C@@H]2c3cc(OCC)c(OCC)cc3CCN2C(=O)COc2ccccc2F)cc1OCC. The van der Waals surface area contributed by atoms with Crippen molar-refractivity contribution in [3.05, 3.63) is 77.1 Å². The van der Waals surface area contributed by atoms with E-state index in [1.807, 2.05) is 62.9 Å². The highest BCUT2D eigenvalue weighted by atomic mass is 19.1. The minimum atomic E-state index is -0.501. The first-order valence-corrected chi connectivity index (χ1v) is 14.0. The van der Waals surface area contributed by atoms with Gasteiger partial charge in [-0.05, 0) is 93.6 Å². The van der Waals surface area contributed by atoms with E-state index in [0.29, 0.717) is 68.8 Å². The Morgan fingerprint density at radius 1 is 0.775 bits per heavy atom. The number of fused-ring (bicyclic) bond motifs is 1. The Kier molecular flexibility index (Phi) is 10.1. The normalized spacial score (nSPS) is 14.3. The second kappa shape index (κ2) is 13.9. The van der Waals surface area contributed by atoms with E-state index in [0.717, 1.165) is 16.7 Å². The predicted molar refractivity (Wildman–Crippen MR) is 151 cm³/mol. The van der Waals surface area contributed by atoms with Crippen molar-refractivity contribution in [3.63, 3.8) is 0 Å². The summed E-state index contributed by atoms with van der Waals surface area (Å²) in [5.41, 5.74) is 3.08. The highest BCUT2D eigenvalue weighted by Crippen LogP contribution is 2.41. The third-order valence-electron chi connectivity index (χ3n) is 6.71. The van der Waals surface area contributed by atoms with Crippen LogP contribution in [0.4, 0.5) is 4.39 Å². The molecule has 0 radical (unpaired) electrons. The molecule has 1 heterocycles. The van der Waals surface area contributed by atoms with Gasteiger partial charge in [0.1, 0.15) is 0 Å². The van der Waals surface area contributed by atoms with Crippen LogP contribution in [0.5, 0.6) is 28.7 Å². The predicted octanol–water partition coefficient (Wildman–Crippen LogP) is 6.17. The molecule has 0 aromatic heterocycles. The molecule has 1 amide bonds. The van der Waals surface area contributed by atoms with Gasteiger partial charge in [0, 0.05) is 6.54 Å². The van der Waals surface area contributed by atoms with Crippen molar-refractivity contribution in [3.8, 4) is 28.7 Å². The lowest BCUT2D eigenvalue weighted by molar-refractivity contribution is -0.136. The summed E-state index contributed by atoms with van der Waals surface area (Å²) in [6, 6.07) is 15.7. The molecule has 214 valence electrons. The monoisotopic (exact) mass is 551 g/mol. The zero-order valence-electron chi connectivity index (χ0n) is 23.7. The van der Waals surface area contributed by atoms with Gasteiger partial charge < -0.3 is 28.6 Å². The Morgan fingerprint density at radius 2 is 1.40 bits per heavy atom. The highest BCUT2D eigenvalue weighted by molar-refractivity contribution is 5.79. The minimum Gasteiger partial charge on any atom is -0.490 e. The van der Waals surface area contributed by atoms with Crippen LogP contribution in [0.2, 0.25) is 0 Å². The molecule has 0 spiro atoms. The summed E-state index contributed by atoms with van der Waals surface area (Å²) in [7, 11) is 0. The number of hydrogen-bond acceptors (Lipinski definition) is 6. The average Bonchev–Trinajstić information content (AvgIpc) is 2.95. The van der Waals surface area contributed by atoms with Crippen molar-refractivity contribution in [1.29, 1.82) is 0 Å². The summed E-state index contributed by atoms with van der Waals surface area (Å²) in [5, 5.41) is 0. The Labute approximate surface area is 235 Å². The fourth-order valence-corrected chi connectivity index (χ4v) is 4.99. The second-order valence-electron chi connectivity index (χ2n) is 9.29. The molecular formula is C32H38FNO6. The third kappa shape index (κ3) is 6.79. The van der Waals surface area contributed by atoms with Crippen LogP contribution in [0.1, 0.15) is 50.4 Å². The smallest absolute Gasteiger partial charge is 0.261 e. The number of halogens is 1. The summed E-state index contributed by atoms with van der Waals surface area (Å²) in [6.07, 6.45) is 1.18. The zero-order chi connectivity index (χ0) is 28.5. The van der Waals surface area contributed by atoms with E-state index in [2.05, 4.69) is 0 Å². The molecule has 0 aliphatic carbocycles. The zero-order valence-corrected chi connectivity index (χ0v) is 23.7. The molecule has 4 rings (SSSR count). The maximum Gasteiger partial charge on any atom is 0.261 e. The van der Waals surface area contributed by atoms with Gasteiger partial charge in [0.15, 0.2) is 41.2 Å². The Morgan fingerprint density at radius 3 is 2.08 bits per heavy atom. The topological polar surface area (TPSA) is 66.5 Å². The number of amides is 1. The minimum absolute atomic E-state index is 0.0534. The van der Waals surface area contributed by atoms with Crippen molar-refractivity contribution in [2.24, 2.45) is 0 Å². The van der Waals surface area contributed by atoms with Gasteiger partial charge in [-0.3, -0.25) is 4.79 Å². The molecular weight excluding hydrogens is 513 g/mol. The molecule has 0 saturated carbocycles. The summed E-state index contributed by atoms with van der Waals surface area (Å²) in [4.78, 5) is 15.4. The van der Waals surface area contributed by atoms with Crippen LogP contribution in [-0.4, -0.2) is 50.4 Å². The van der Waals surface area contributed by atoms with Crippen molar-refractivity contribution in [2.75, 3.05) is 39.6 Å². The van der Waals surface area contributed by atoms with Gasteiger partial charge in [0.2, 0.25) is 0 Å². The van der Waals surface area contributed by atoms with Crippen molar-refractivity contribution >= 4 is 5.91 Å². The average molecular weight is 552 g/mol. The molecule has 3 aromatic carbocycles. The number of benzene rings is 3. The Balaban J connectivity index is 1.69. The first-order chi connectivity index (χ1) is 19.5. The molecule has 0 fully saturated rings. The van der Waals surface area contributed by atoms with Gasteiger partial charge in [0.25, 0.3) is 5.91 Å². The molecule has 7 nitrogen and oxygen atoms in total. The molecule has 0 saturated heterocycles. The maximum absolute atomic E-state index is 14.2. The molecule has 0 N–H and O–H groups in total. The quantitative estimate of drug-likeness (QED) is 0.253. The molecule has 0 unspecified atom stereocenters. The van der Waals surface area contributed by atoms with Crippen LogP contribution in [0, 0.1) is 5.82 Å². The van der Waals surface area contributed by atoms with Gasteiger partial charge in [-0.15, -0.1) is 0 Å². The molecule has 0 bridgehead atoms. The fourth-order valence-electron chi connectivity index (χ4n) is 4.99. The number of hydrogen-bond donors (Lipinski definition) is 0. The van der Waals surface area contributed by atoms with E-state index >= 15 is 0 Å². The van der Waals surface area contributed by atoms with E-state index in [1.165, 1.54) is 12.1 Å². The number of nitrogens with zero attached hydrogens (tertiary/aromatic N) is 1. The van der Waals surface area contributed by atoms with Crippen LogP contribution in [0.25, 0.3) is 0 Å². The molecule has 3 aromatic rings. The lowest BCUT2D eigenvalue weighted by Gasteiger charge is -2.38. The van der Waals surface area contributed by atoms with Crippen molar-refractivity contribution in [2.45, 2.75) is 46.6 Å². The number of rotatable bonds is 13.